The number of carboxylic acid groups (broad SMARTS) is 1. The lowest BCUT2D eigenvalue weighted by atomic mass is 10.1. The van der Waals surface area contributed by atoms with Gasteiger partial charge in [-0.2, -0.15) is 4.31 Å². The molecule has 1 rings (SSSR count). The second-order valence-electron chi connectivity index (χ2n) is 3.34. The monoisotopic (exact) mass is 236 g/mol. The average molecular weight is 236 g/mol. The van der Waals surface area contributed by atoms with Crippen LogP contribution in [0.4, 0.5) is 0 Å². The van der Waals surface area contributed by atoms with Crippen molar-refractivity contribution in [3.05, 3.63) is 0 Å². The Morgan fingerprint density at radius 1 is 1.53 bits per heavy atom. The van der Waals surface area contributed by atoms with Gasteiger partial charge in [0.1, 0.15) is 6.04 Å². The molecule has 8 heteroatoms. The molecular weight excluding hydrogens is 224 g/mol. The van der Waals surface area contributed by atoms with Gasteiger partial charge in [-0.25, -0.2) is 8.42 Å². The summed E-state index contributed by atoms with van der Waals surface area (Å²) in [6.07, 6.45) is 0.348. The standard InChI is InChI=1S/C7H12N2O5S/c1-4(7(11)12)15(13,14)9-3-2-5(9)6(8)10/h4-5H,2-3H2,1H3,(H2,8,10)(H,11,12). The van der Waals surface area contributed by atoms with Crippen molar-refractivity contribution in [1.82, 2.24) is 4.31 Å². The Morgan fingerprint density at radius 3 is 2.33 bits per heavy atom. The first-order valence-corrected chi connectivity index (χ1v) is 5.81. The van der Waals surface area contributed by atoms with Gasteiger partial charge in [0.15, 0.2) is 5.25 Å². The molecule has 2 unspecified atom stereocenters. The van der Waals surface area contributed by atoms with Gasteiger partial charge in [0.2, 0.25) is 15.9 Å². The molecule has 7 nitrogen and oxygen atoms in total. The van der Waals surface area contributed by atoms with E-state index in [1.807, 2.05) is 0 Å². The Hall–Kier alpha value is -1.15. The van der Waals surface area contributed by atoms with Crippen molar-refractivity contribution < 1.29 is 23.1 Å². The van der Waals surface area contributed by atoms with Gasteiger partial charge in [0, 0.05) is 6.54 Å². The predicted octanol–water partition coefficient (Wildman–Crippen LogP) is -1.65. The summed E-state index contributed by atoms with van der Waals surface area (Å²) < 4.78 is 24.1. The Balaban J connectivity index is 2.89. The predicted molar refractivity (Wildman–Crippen MR) is 50.3 cm³/mol. The SMILES string of the molecule is CC(C(=O)O)S(=O)(=O)N1CCC1C(N)=O. The Kier molecular flexibility index (Phi) is 3.00. The molecule has 0 bridgehead atoms. The molecule has 1 fully saturated rings. The topological polar surface area (TPSA) is 118 Å². The third-order valence-corrected chi connectivity index (χ3v) is 4.61. The van der Waals surface area contributed by atoms with Gasteiger partial charge in [0.25, 0.3) is 0 Å². The maximum Gasteiger partial charge on any atom is 0.323 e. The number of hydrogen-bond acceptors (Lipinski definition) is 4. The molecule has 2 atom stereocenters. The molecule has 0 aromatic rings. The van der Waals surface area contributed by atoms with E-state index < -0.39 is 33.2 Å². The number of rotatable bonds is 4. The second-order valence-corrected chi connectivity index (χ2v) is 5.55. The van der Waals surface area contributed by atoms with Crippen LogP contribution in [0.1, 0.15) is 13.3 Å². The second kappa shape index (κ2) is 3.78. The quantitative estimate of drug-likeness (QED) is 0.606. The maximum absolute atomic E-state index is 11.6. The van der Waals surface area contributed by atoms with Crippen molar-refractivity contribution >= 4 is 21.9 Å². The highest BCUT2D eigenvalue weighted by atomic mass is 32.2. The van der Waals surface area contributed by atoms with Crippen LogP contribution in [0.5, 0.6) is 0 Å². The van der Waals surface area contributed by atoms with E-state index in [0.29, 0.717) is 6.42 Å². The minimum atomic E-state index is -3.96. The van der Waals surface area contributed by atoms with Gasteiger partial charge in [0.05, 0.1) is 0 Å². The summed E-state index contributed by atoms with van der Waals surface area (Å²) >= 11 is 0. The summed E-state index contributed by atoms with van der Waals surface area (Å²) in [6.45, 7) is 1.21. The van der Waals surface area contributed by atoms with E-state index in [1.54, 1.807) is 0 Å². The third-order valence-electron chi connectivity index (χ3n) is 2.42. The zero-order valence-electron chi connectivity index (χ0n) is 8.08. The van der Waals surface area contributed by atoms with Crippen LogP contribution >= 0.6 is 0 Å². The van der Waals surface area contributed by atoms with Crippen molar-refractivity contribution in [2.45, 2.75) is 24.6 Å². The lowest BCUT2D eigenvalue weighted by Crippen LogP contribution is -2.59. The van der Waals surface area contributed by atoms with Crippen molar-refractivity contribution in [2.24, 2.45) is 5.73 Å². The van der Waals surface area contributed by atoms with Crippen LogP contribution in [-0.4, -0.2) is 47.5 Å². The first-order valence-electron chi connectivity index (χ1n) is 4.31. The molecule has 0 aromatic heterocycles. The van der Waals surface area contributed by atoms with Gasteiger partial charge in [-0.3, -0.25) is 9.59 Å². The van der Waals surface area contributed by atoms with Gasteiger partial charge in [-0.1, -0.05) is 0 Å². The van der Waals surface area contributed by atoms with Gasteiger partial charge in [-0.05, 0) is 13.3 Å². The zero-order chi connectivity index (χ0) is 11.8. The van der Waals surface area contributed by atoms with E-state index in [-0.39, 0.29) is 6.54 Å². The van der Waals surface area contributed by atoms with Crippen LogP contribution in [-0.2, 0) is 19.6 Å². The molecule has 86 valence electrons. The normalized spacial score (nSPS) is 24.2. The molecule has 1 aliphatic heterocycles. The molecule has 15 heavy (non-hydrogen) atoms. The minimum Gasteiger partial charge on any atom is -0.480 e. The zero-order valence-corrected chi connectivity index (χ0v) is 8.90. The number of nitrogens with two attached hydrogens (primary N) is 1. The molecule has 0 aromatic carbocycles. The van der Waals surface area contributed by atoms with E-state index in [0.717, 1.165) is 11.2 Å². The molecule has 1 amide bonds. The molecule has 1 aliphatic rings. The van der Waals surface area contributed by atoms with Crippen LogP contribution in [0, 0.1) is 0 Å². The Morgan fingerprint density at radius 2 is 2.07 bits per heavy atom. The first-order chi connectivity index (χ1) is 6.78. The van der Waals surface area contributed by atoms with E-state index in [1.165, 1.54) is 0 Å². The number of nitrogens with zero attached hydrogens (tertiary/aromatic N) is 1. The fourth-order valence-electron chi connectivity index (χ4n) is 1.28. The van der Waals surface area contributed by atoms with E-state index in [9.17, 15) is 18.0 Å². The summed E-state index contributed by atoms with van der Waals surface area (Å²) in [5.41, 5.74) is 4.97. The summed E-state index contributed by atoms with van der Waals surface area (Å²) in [6, 6.07) is -0.892. The van der Waals surface area contributed by atoms with Crippen LogP contribution in [0.15, 0.2) is 0 Å². The molecule has 0 saturated carbocycles. The van der Waals surface area contributed by atoms with Crippen LogP contribution in [0.2, 0.25) is 0 Å². The van der Waals surface area contributed by atoms with Crippen LogP contribution in [0.3, 0.4) is 0 Å². The molecule has 0 radical (unpaired) electrons. The van der Waals surface area contributed by atoms with Crippen molar-refractivity contribution in [3.63, 3.8) is 0 Å². The number of aliphatic carboxylic acids is 1. The number of carbonyl (C=O) groups is 2. The summed E-state index contributed by atoms with van der Waals surface area (Å²) in [4.78, 5) is 21.3. The number of carbonyl (C=O) groups excluding carboxylic acids is 1. The molecule has 1 heterocycles. The number of hydrogen-bond donors (Lipinski definition) is 2. The summed E-state index contributed by atoms with van der Waals surface area (Å²) in [7, 11) is -3.96. The van der Waals surface area contributed by atoms with Gasteiger partial charge < -0.3 is 10.8 Å². The molecule has 3 N–H and O–H groups in total. The first kappa shape index (κ1) is 11.9. The van der Waals surface area contributed by atoms with Gasteiger partial charge in [-0.15, -0.1) is 0 Å². The van der Waals surface area contributed by atoms with Crippen molar-refractivity contribution in [1.29, 1.82) is 0 Å². The largest absolute Gasteiger partial charge is 0.480 e. The highest BCUT2D eigenvalue weighted by Gasteiger charge is 2.45. The summed E-state index contributed by atoms with van der Waals surface area (Å²) in [5, 5.41) is 7.03. The number of primary amides is 1. The van der Waals surface area contributed by atoms with E-state index >= 15 is 0 Å². The van der Waals surface area contributed by atoms with Crippen LogP contribution < -0.4 is 5.73 Å². The third kappa shape index (κ3) is 1.95. The molecular formula is C7H12N2O5S. The van der Waals surface area contributed by atoms with Gasteiger partial charge >= 0.3 is 5.97 Å². The molecule has 1 saturated heterocycles. The number of sulfonamides is 1. The van der Waals surface area contributed by atoms with E-state index in [4.69, 9.17) is 10.8 Å². The van der Waals surface area contributed by atoms with Crippen molar-refractivity contribution in [3.8, 4) is 0 Å². The molecule has 0 aliphatic carbocycles. The lowest BCUT2D eigenvalue weighted by molar-refractivity contribution is -0.136. The summed E-state index contributed by atoms with van der Waals surface area (Å²) in [5.74, 6) is -2.19. The highest BCUT2D eigenvalue weighted by Crippen LogP contribution is 2.24. The van der Waals surface area contributed by atoms with Crippen molar-refractivity contribution in [2.75, 3.05) is 6.54 Å². The molecule has 0 spiro atoms. The number of amides is 1. The van der Waals surface area contributed by atoms with E-state index in [2.05, 4.69) is 0 Å². The Labute approximate surface area is 86.9 Å². The number of carboxylic acids is 1. The Bertz CT molecular complexity index is 390. The lowest BCUT2D eigenvalue weighted by Gasteiger charge is -2.38. The maximum atomic E-state index is 11.6. The fourth-order valence-corrected chi connectivity index (χ4v) is 2.87. The average Bonchev–Trinajstić information content (AvgIpc) is 1.98. The van der Waals surface area contributed by atoms with Crippen LogP contribution in [0.25, 0.3) is 0 Å². The smallest absolute Gasteiger partial charge is 0.323 e. The minimum absolute atomic E-state index is 0.146. The fraction of sp³-hybridized carbons (Fsp3) is 0.714. The highest BCUT2D eigenvalue weighted by molar-refractivity contribution is 7.90.